The molecular weight excluding hydrogens is 215 g/mol. The third-order valence-electron chi connectivity index (χ3n) is 2.04. The van der Waals surface area contributed by atoms with E-state index in [2.05, 4.69) is 15.5 Å². The van der Waals surface area contributed by atoms with Crippen molar-refractivity contribution in [1.82, 2.24) is 20.2 Å². The van der Waals surface area contributed by atoms with Crippen LogP contribution in [-0.4, -0.2) is 31.3 Å². The molecule has 0 radical (unpaired) electrons. The lowest BCUT2D eigenvalue weighted by atomic mass is 10.1. The molecule has 2 aromatic rings. The van der Waals surface area contributed by atoms with E-state index >= 15 is 0 Å². The van der Waals surface area contributed by atoms with Gasteiger partial charge in [-0.2, -0.15) is 4.68 Å². The number of aryl methyl sites for hydroxylation is 1. The quantitative estimate of drug-likeness (QED) is 0.813. The van der Waals surface area contributed by atoms with Crippen LogP contribution in [-0.2, 0) is 0 Å². The van der Waals surface area contributed by atoms with Gasteiger partial charge in [-0.15, -0.1) is 5.10 Å². The third-order valence-corrected chi connectivity index (χ3v) is 2.04. The molecule has 0 aliphatic carbocycles. The number of benzene rings is 1. The van der Waals surface area contributed by atoms with Gasteiger partial charge in [-0.25, -0.2) is 9.18 Å². The van der Waals surface area contributed by atoms with Crippen LogP contribution in [0.2, 0.25) is 0 Å². The molecule has 7 heteroatoms. The van der Waals surface area contributed by atoms with Crippen molar-refractivity contribution >= 4 is 5.97 Å². The standard InChI is InChI=1S/C9H7FN4O2/c1-5-11-12-13-14(5)8-3-2-6(10)4-7(8)9(15)16/h2-4H,1H3,(H,15,16). The first kappa shape index (κ1) is 10.2. The highest BCUT2D eigenvalue weighted by Gasteiger charge is 2.15. The molecule has 82 valence electrons. The van der Waals surface area contributed by atoms with Crippen molar-refractivity contribution in [2.75, 3.05) is 0 Å². The molecule has 0 bridgehead atoms. The zero-order chi connectivity index (χ0) is 11.7. The fraction of sp³-hybridized carbons (Fsp3) is 0.111. The maximum absolute atomic E-state index is 12.9. The van der Waals surface area contributed by atoms with Crippen LogP contribution in [0.5, 0.6) is 0 Å². The average Bonchev–Trinajstić information content (AvgIpc) is 2.64. The largest absolute Gasteiger partial charge is 0.478 e. The Morgan fingerprint density at radius 3 is 2.81 bits per heavy atom. The first-order chi connectivity index (χ1) is 7.59. The topological polar surface area (TPSA) is 80.9 Å². The average molecular weight is 222 g/mol. The minimum Gasteiger partial charge on any atom is -0.478 e. The highest BCUT2D eigenvalue weighted by atomic mass is 19.1. The number of hydrogen-bond donors (Lipinski definition) is 1. The molecule has 16 heavy (non-hydrogen) atoms. The lowest BCUT2D eigenvalue weighted by Gasteiger charge is -2.05. The molecule has 1 aromatic carbocycles. The van der Waals surface area contributed by atoms with Gasteiger partial charge in [0.1, 0.15) is 5.82 Å². The van der Waals surface area contributed by atoms with Crippen molar-refractivity contribution in [3.05, 3.63) is 35.4 Å². The van der Waals surface area contributed by atoms with E-state index in [1.54, 1.807) is 6.92 Å². The fourth-order valence-corrected chi connectivity index (χ4v) is 1.32. The third kappa shape index (κ3) is 1.62. The molecule has 6 nitrogen and oxygen atoms in total. The smallest absolute Gasteiger partial charge is 0.338 e. The number of nitrogens with zero attached hydrogens (tertiary/aromatic N) is 4. The van der Waals surface area contributed by atoms with Gasteiger partial charge in [-0.3, -0.25) is 0 Å². The van der Waals surface area contributed by atoms with Gasteiger partial charge in [0.05, 0.1) is 11.3 Å². The second-order valence-corrected chi connectivity index (χ2v) is 3.10. The summed E-state index contributed by atoms with van der Waals surface area (Å²) in [6.45, 7) is 1.62. The van der Waals surface area contributed by atoms with E-state index < -0.39 is 11.8 Å². The summed E-state index contributed by atoms with van der Waals surface area (Å²) < 4.78 is 14.2. The van der Waals surface area contributed by atoms with E-state index in [9.17, 15) is 9.18 Å². The van der Waals surface area contributed by atoms with Gasteiger partial charge in [0.2, 0.25) is 0 Å². The van der Waals surface area contributed by atoms with Gasteiger partial charge in [0.15, 0.2) is 5.82 Å². The van der Waals surface area contributed by atoms with Gasteiger partial charge in [0, 0.05) is 0 Å². The summed E-state index contributed by atoms with van der Waals surface area (Å²) in [5.74, 6) is -1.43. The number of rotatable bonds is 2. The zero-order valence-electron chi connectivity index (χ0n) is 8.25. The van der Waals surface area contributed by atoms with Crippen LogP contribution in [0.25, 0.3) is 5.69 Å². The van der Waals surface area contributed by atoms with E-state index in [1.807, 2.05) is 0 Å². The maximum Gasteiger partial charge on any atom is 0.338 e. The van der Waals surface area contributed by atoms with Crippen molar-refractivity contribution in [3.63, 3.8) is 0 Å². The number of carboxylic acid groups (broad SMARTS) is 1. The van der Waals surface area contributed by atoms with E-state index in [1.165, 1.54) is 10.7 Å². The molecule has 0 fully saturated rings. The van der Waals surface area contributed by atoms with Gasteiger partial charge < -0.3 is 5.11 Å². The second-order valence-electron chi connectivity index (χ2n) is 3.10. The summed E-state index contributed by atoms with van der Waals surface area (Å²) in [4.78, 5) is 10.9. The summed E-state index contributed by atoms with van der Waals surface area (Å²) in [5.41, 5.74) is 0.0480. The Kier molecular flexibility index (Phi) is 2.35. The number of aromatic carboxylic acids is 1. The van der Waals surface area contributed by atoms with Crippen molar-refractivity contribution < 1.29 is 14.3 Å². The van der Waals surface area contributed by atoms with Crippen LogP contribution in [0, 0.1) is 12.7 Å². The Hall–Kier alpha value is -2.31. The Balaban J connectivity index is 2.65. The first-order valence-corrected chi connectivity index (χ1v) is 4.38. The number of carboxylic acids is 1. The van der Waals surface area contributed by atoms with Crippen molar-refractivity contribution in [1.29, 1.82) is 0 Å². The van der Waals surface area contributed by atoms with Crippen LogP contribution in [0.4, 0.5) is 4.39 Å². The number of aromatic nitrogens is 4. The van der Waals surface area contributed by atoms with Crippen LogP contribution >= 0.6 is 0 Å². The summed E-state index contributed by atoms with van der Waals surface area (Å²) >= 11 is 0. The lowest BCUT2D eigenvalue weighted by Crippen LogP contribution is -2.08. The zero-order valence-corrected chi connectivity index (χ0v) is 8.25. The summed E-state index contributed by atoms with van der Waals surface area (Å²) in [7, 11) is 0. The van der Waals surface area contributed by atoms with Gasteiger partial charge in [-0.1, -0.05) is 0 Å². The van der Waals surface area contributed by atoms with Crippen LogP contribution < -0.4 is 0 Å². The molecule has 0 amide bonds. The van der Waals surface area contributed by atoms with Crippen molar-refractivity contribution in [3.8, 4) is 5.69 Å². The van der Waals surface area contributed by atoms with Gasteiger partial charge in [-0.05, 0) is 35.5 Å². The first-order valence-electron chi connectivity index (χ1n) is 4.38. The minimum absolute atomic E-state index is 0.185. The van der Waals surface area contributed by atoms with Crippen LogP contribution in [0.1, 0.15) is 16.2 Å². The maximum atomic E-state index is 12.9. The van der Waals surface area contributed by atoms with Crippen LogP contribution in [0.15, 0.2) is 18.2 Å². The second kappa shape index (κ2) is 3.69. The Morgan fingerprint density at radius 2 is 2.25 bits per heavy atom. The molecular formula is C9H7FN4O2. The van der Waals surface area contributed by atoms with E-state index in [0.717, 1.165) is 12.1 Å². The van der Waals surface area contributed by atoms with Gasteiger partial charge >= 0.3 is 5.97 Å². The number of halogens is 1. The molecule has 0 atom stereocenters. The van der Waals surface area contributed by atoms with Gasteiger partial charge in [0.25, 0.3) is 0 Å². The Bertz CT molecular complexity index is 552. The molecule has 0 saturated carbocycles. The Morgan fingerprint density at radius 1 is 1.50 bits per heavy atom. The molecule has 0 spiro atoms. The van der Waals surface area contributed by atoms with Crippen molar-refractivity contribution in [2.45, 2.75) is 6.92 Å². The molecule has 1 N–H and O–H groups in total. The van der Waals surface area contributed by atoms with Crippen LogP contribution in [0.3, 0.4) is 0 Å². The number of tetrazole rings is 1. The predicted octanol–water partition coefficient (Wildman–Crippen LogP) is 0.808. The highest BCUT2D eigenvalue weighted by Crippen LogP contribution is 2.16. The fourth-order valence-electron chi connectivity index (χ4n) is 1.32. The molecule has 2 rings (SSSR count). The summed E-state index contributed by atoms with van der Waals surface area (Å²) in [6, 6.07) is 3.41. The van der Waals surface area contributed by atoms with Crippen molar-refractivity contribution in [2.24, 2.45) is 0 Å². The molecule has 0 aliphatic rings. The molecule has 1 heterocycles. The molecule has 0 aliphatic heterocycles. The van der Waals surface area contributed by atoms with E-state index in [0.29, 0.717) is 5.82 Å². The normalized spacial score (nSPS) is 10.4. The summed E-state index contributed by atoms with van der Waals surface area (Å²) in [6.07, 6.45) is 0. The lowest BCUT2D eigenvalue weighted by molar-refractivity contribution is 0.0696. The number of hydrogen-bond acceptors (Lipinski definition) is 4. The van der Waals surface area contributed by atoms with E-state index in [-0.39, 0.29) is 11.3 Å². The molecule has 1 aromatic heterocycles. The Labute approximate surface area is 89.3 Å². The number of carbonyl (C=O) groups is 1. The molecule has 0 unspecified atom stereocenters. The van der Waals surface area contributed by atoms with E-state index in [4.69, 9.17) is 5.11 Å². The summed E-state index contributed by atoms with van der Waals surface area (Å²) in [5, 5.41) is 19.6. The minimum atomic E-state index is -1.23. The monoisotopic (exact) mass is 222 g/mol. The highest BCUT2D eigenvalue weighted by molar-refractivity contribution is 5.91. The predicted molar refractivity (Wildman–Crippen MR) is 50.8 cm³/mol. The SMILES string of the molecule is Cc1nnnn1-c1ccc(F)cc1C(=O)O. The molecule has 0 saturated heterocycles.